The molecule has 0 unspecified atom stereocenters. The summed E-state index contributed by atoms with van der Waals surface area (Å²) in [6, 6.07) is 45.9. The summed E-state index contributed by atoms with van der Waals surface area (Å²) in [5.41, 5.74) is 11.2. The highest BCUT2D eigenvalue weighted by atomic mass is 15.1. The van der Waals surface area contributed by atoms with Gasteiger partial charge in [-0.25, -0.2) is 0 Å². The molecular weight excluding hydrogens is 410 g/mol. The molecule has 5 aromatic rings. The molecule has 0 N–H and O–H groups in total. The zero-order valence-electron chi connectivity index (χ0n) is 19.8. The number of nitrogens with zero attached hydrogens (tertiary/aromatic N) is 1. The Morgan fingerprint density at radius 1 is 0.412 bits per heavy atom. The fourth-order valence-electron chi connectivity index (χ4n) is 4.26. The molecule has 0 saturated heterocycles. The zero-order valence-corrected chi connectivity index (χ0v) is 19.8. The summed E-state index contributed by atoms with van der Waals surface area (Å²) in [6.45, 7) is 5.06. The van der Waals surface area contributed by atoms with Crippen LogP contribution in [-0.2, 0) is 6.54 Å². The van der Waals surface area contributed by atoms with Gasteiger partial charge in [0, 0.05) is 17.9 Å². The lowest BCUT2D eigenvalue weighted by atomic mass is 10.0. The van der Waals surface area contributed by atoms with Gasteiger partial charge in [0.15, 0.2) is 0 Å². The lowest BCUT2D eigenvalue weighted by molar-refractivity contribution is 0.976. The molecule has 0 aliphatic heterocycles. The van der Waals surface area contributed by atoms with Crippen LogP contribution in [0, 0.1) is 13.8 Å². The maximum Gasteiger partial charge on any atom is 0.0481 e. The molecule has 0 aliphatic carbocycles. The molecule has 0 fully saturated rings. The van der Waals surface area contributed by atoms with Crippen LogP contribution in [0.15, 0.2) is 127 Å². The Labute approximate surface area is 203 Å². The Balaban J connectivity index is 1.47. The van der Waals surface area contributed by atoms with Gasteiger partial charge in [0.05, 0.1) is 0 Å². The fraction of sp³-hybridized carbons (Fsp3) is 0.0909. The van der Waals surface area contributed by atoms with Gasteiger partial charge in [0.25, 0.3) is 0 Å². The first-order chi connectivity index (χ1) is 16.7. The predicted octanol–water partition coefficient (Wildman–Crippen LogP) is 8.98. The molecule has 5 rings (SSSR count). The highest BCUT2D eigenvalue weighted by molar-refractivity contribution is 5.72. The number of rotatable bonds is 6. The van der Waals surface area contributed by atoms with Crippen molar-refractivity contribution < 1.29 is 0 Å². The van der Waals surface area contributed by atoms with Crippen LogP contribution in [0.1, 0.15) is 16.7 Å². The number of aryl methyl sites for hydroxylation is 2. The molecular formula is C33H29N. The van der Waals surface area contributed by atoms with Crippen LogP contribution in [0.4, 0.5) is 11.4 Å². The van der Waals surface area contributed by atoms with Crippen LogP contribution in [0.3, 0.4) is 0 Å². The van der Waals surface area contributed by atoms with E-state index >= 15 is 0 Å². The molecule has 0 amide bonds. The van der Waals surface area contributed by atoms with Gasteiger partial charge in [-0.2, -0.15) is 0 Å². The summed E-state index contributed by atoms with van der Waals surface area (Å²) >= 11 is 0. The second-order valence-electron chi connectivity index (χ2n) is 8.90. The van der Waals surface area contributed by atoms with Gasteiger partial charge in [-0.15, -0.1) is 0 Å². The molecule has 1 heteroatoms. The molecule has 0 heterocycles. The lowest BCUT2D eigenvalue weighted by Crippen LogP contribution is -2.16. The summed E-state index contributed by atoms with van der Waals surface area (Å²) in [6.07, 6.45) is 0. The van der Waals surface area contributed by atoms with E-state index in [1.807, 2.05) is 0 Å². The first kappa shape index (κ1) is 21.7. The smallest absolute Gasteiger partial charge is 0.0481 e. The summed E-state index contributed by atoms with van der Waals surface area (Å²) in [4.78, 5) is 2.38. The van der Waals surface area contributed by atoms with E-state index < -0.39 is 0 Å². The van der Waals surface area contributed by atoms with Crippen molar-refractivity contribution in [3.63, 3.8) is 0 Å². The third-order valence-corrected chi connectivity index (χ3v) is 6.31. The van der Waals surface area contributed by atoms with Crippen molar-refractivity contribution in [2.24, 2.45) is 0 Å². The van der Waals surface area contributed by atoms with Gasteiger partial charge < -0.3 is 4.90 Å². The Bertz CT molecular complexity index is 1240. The van der Waals surface area contributed by atoms with E-state index in [9.17, 15) is 0 Å². The molecule has 1 nitrogen and oxygen atoms in total. The number of hydrogen-bond donors (Lipinski definition) is 0. The second-order valence-corrected chi connectivity index (χ2v) is 8.90. The maximum absolute atomic E-state index is 2.38. The highest BCUT2D eigenvalue weighted by Crippen LogP contribution is 2.32. The van der Waals surface area contributed by atoms with E-state index in [0.717, 1.165) is 6.54 Å². The molecule has 0 aromatic heterocycles. The molecule has 0 atom stereocenters. The number of hydrogen-bond acceptors (Lipinski definition) is 1. The molecule has 0 radical (unpaired) electrons. The second kappa shape index (κ2) is 9.80. The average Bonchev–Trinajstić information content (AvgIpc) is 2.89. The van der Waals surface area contributed by atoms with Gasteiger partial charge in [-0.1, -0.05) is 114 Å². The predicted molar refractivity (Wildman–Crippen MR) is 146 cm³/mol. The summed E-state index contributed by atoms with van der Waals surface area (Å²) < 4.78 is 0. The van der Waals surface area contributed by atoms with Crippen molar-refractivity contribution >= 4 is 11.4 Å². The van der Waals surface area contributed by atoms with Crippen molar-refractivity contribution in [1.29, 1.82) is 0 Å². The van der Waals surface area contributed by atoms with Gasteiger partial charge in [-0.3, -0.25) is 0 Å². The van der Waals surface area contributed by atoms with Crippen LogP contribution in [0.25, 0.3) is 22.3 Å². The molecule has 0 bridgehead atoms. The van der Waals surface area contributed by atoms with E-state index in [4.69, 9.17) is 0 Å². The van der Waals surface area contributed by atoms with E-state index in [-0.39, 0.29) is 0 Å². The fourth-order valence-corrected chi connectivity index (χ4v) is 4.26. The topological polar surface area (TPSA) is 3.24 Å². The van der Waals surface area contributed by atoms with Gasteiger partial charge >= 0.3 is 0 Å². The Hall–Kier alpha value is -4.10. The highest BCUT2D eigenvalue weighted by Gasteiger charge is 2.11. The molecule has 0 saturated carbocycles. The quantitative estimate of drug-likeness (QED) is 0.255. The molecule has 5 aromatic carbocycles. The minimum absolute atomic E-state index is 0.814. The van der Waals surface area contributed by atoms with E-state index in [1.165, 1.54) is 50.3 Å². The van der Waals surface area contributed by atoms with Crippen LogP contribution < -0.4 is 4.90 Å². The van der Waals surface area contributed by atoms with Crippen LogP contribution >= 0.6 is 0 Å². The SMILES string of the molecule is Cc1ccc(-c2ccc(N(Cc3ccccc3)c3ccc(-c4ccc(C)cc4)cc3)cc2)cc1. The maximum atomic E-state index is 2.38. The first-order valence-corrected chi connectivity index (χ1v) is 11.8. The van der Waals surface area contributed by atoms with Crippen molar-refractivity contribution in [3.05, 3.63) is 144 Å². The Kier molecular flexibility index (Phi) is 6.27. The third kappa shape index (κ3) is 4.94. The molecule has 166 valence electrons. The molecule has 34 heavy (non-hydrogen) atoms. The van der Waals surface area contributed by atoms with Crippen molar-refractivity contribution in [1.82, 2.24) is 0 Å². The van der Waals surface area contributed by atoms with Gasteiger partial charge in [-0.05, 0) is 65.9 Å². The van der Waals surface area contributed by atoms with Gasteiger partial charge in [0.1, 0.15) is 0 Å². The number of benzene rings is 5. The minimum Gasteiger partial charge on any atom is -0.337 e. The normalized spacial score (nSPS) is 10.8. The standard InChI is InChI=1S/C33H29N/c1-25-8-12-28(13-9-25)30-16-20-32(21-17-30)34(24-27-6-4-3-5-7-27)33-22-18-31(19-23-33)29-14-10-26(2)11-15-29/h3-23H,24H2,1-2H3. The van der Waals surface area contributed by atoms with E-state index in [0.29, 0.717) is 0 Å². The molecule has 0 spiro atoms. The largest absolute Gasteiger partial charge is 0.337 e. The summed E-state index contributed by atoms with van der Waals surface area (Å²) in [7, 11) is 0. The minimum atomic E-state index is 0.814. The summed E-state index contributed by atoms with van der Waals surface area (Å²) in [5, 5.41) is 0. The number of anilines is 2. The zero-order chi connectivity index (χ0) is 23.3. The lowest BCUT2D eigenvalue weighted by Gasteiger charge is -2.26. The van der Waals surface area contributed by atoms with Crippen LogP contribution in [-0.4, -0.2) is 0 Å². The summed E-state index contributed by atoms with van der Waals surface area (Å²) in [5.74, 6) is 0. The first-order valence-electron chi connectivity index (χ1n) is 11.8. The van der Waals surface area contributed by atoms with E-state index in [1.54, 1.807) is 0 Å². The Morgan fingerprint density at radius 2 is 0.765 bits per heavy atom. The van der Waals surface area contributed by atoms with Crippen LogP contribution in [0.2, 0.25) is 0 Å². The van der Waals surface area contributed by atoms with E-state index in [2.05, 4.69) is 146 Å². The van der Waals surface area contributed by atoms with Gasteiger partial charge in [0.2, 0.25) is 0 Å². The molecule has 0 aliphatic rings. The third-order valence-electron chi connectivity index (χ3n) is 6.31. The average molecular weight is 440 g/mol. The van der Waals surface area contributed by atoms with Crippen molar-refractivity contribution in [2.75, 3.05) is 4.90 Å². The van der Waals surface area contributed by atoms with Crippen molar-refractivity contribution in [3.8, 4) is 22.3 Å². The monoisotopic (exact) mass is 439 g/mol. The van der Waals surface area contributed by atoms with Crippen molar-refractivity contribution in [2.45, 2.75) is 20.4 Å². The Morgan fingerprint density at radius 3 is 1.15 bits per heavy atom. The van der Waals surface area contributed by atoms with Crippen LogP contribution in [0.5, 0.6) is 0 Å².